The van der Waals surface area contributed by atoms with E-state index in [1.165, 1.54) is 7.11 Å². The van der Waals surface area contributed by atoms with Crippen LogP contribution in [-0.4, -0.2) is 48.8 Å². The fourth-order valence-electron chi connectivity index (χ4n) is 3.10. The Morgan fingerprint density at radius 3 is 2.75 bits per heavy atom. The number of methoxy groups -OCH3 is 1. The normalized spacial score (nSPS) is 15.6. The first-order chi connectivity index (χ1) is 13.4. The molecule has 1 aromatic carbocycles. The van der Waals surface area contributed by atoms with Crippen LogP contribution in [0.1, 0.15) is 44.4 Å². The van der Waals surface area contributed by atoms with E-state index in [1.54, 1.807) is 29.9 Å². The van der Waals surface area contributed by atoms with E-state index in [9.17, 15) is 9.59 Å². The number of nitrogens with two attached hydrogens (primary N) is 2. The van der Waals surface area contributed by atoms with Crippen LogP contribution in [0.15, 0.2) is 18.2 Å². The van der Waals surface area contributed by atoms with Gasteiger partial charge in [-0.05, 0) is 37.1 Å². The van der Waals surface area contributed by atoms with E-state index in [0.717, 1.165) is 13.0 Å². The summed E-state index contributed by atoms with van der Waals surface area (Å²) in [5.41, 5.74) is 12.9. The highest BCUT2D eigenvalue weighted by Crippen LogP contribution is 2.24. The second kappa shape index (κ2) is 8.02. The standard InChI is InChI=1S/C19H22N6O3/c1-22-19(27)12-7-11(8-14(9-12)28-2)3-4-15-16(18(21)26)17(20)25(24-15)13-5-6-23-10-13/h7-9,13,23H,5-6,10,20H2,1-2H3,(H2,21,26)(H,22,27)/t13-/m0/s1. The molecule has 2 aromatic rings. The van der Waals surface area contributed by atoms with Crippen molar-refractivity contribution in [3.05, 3.63) is 40.6 Å². The van der Waals surface area contributed by atoms with Gasteiger partial charge in [0, 0.05) is 24.7 Å². The first-order valence-electron chi connectivity index (χ1n) is 8.76. The number of hydrogen-bond donors (Lipinski definition) is 4. The van der Waals surface area contributed by atoms with Crippen LogP contribution in [-0.2, 0) is 0 Å². The lowest BCUT2D eigenvalue weighted by molar-refractivity contribution is 0.0961. The molecule has 0 spiro atoms. The first kappa shape index (κ1) is 19.3. The number of benzene rings is 1. The predicted molar refractivity (Wildman–Crippen MR) is 104 cm³/mol. The minimum absolute atomic E-state index is 0.0466. The van der Waals surface area contributed by atoms with Gasteiger partial charge in [0.25, 0.3) is 11.8 Å². The highest BCUT2D eigenvalue weighted by atomic mass is 16.5. The zero-order valence-corrected chi connectivity index (χ0v) is 15.7. The molecule has 6 N–H and O–H groups in total. The molecule has 0 saturated carbocycles. The van der Waals surface area contributed by atoms with E-state index in [4.69, 9.17) is 16.2 Å². The Morgan fingerprint density at radius 2 is 2.14 bits per heavy atom. The van der Waals surface area contributed by atoms with E-state index >= 15 is 0 Å². The Bertz CT molecular complexity index is 980. The number of carbonyl (C=O) groups excluding carboxylic acids is 2. The Labute approximate surface area is 162 Å². The highest BCUT2D eigenvalue weighted by molar-refractivity contribution is 5.99. The Balaban J connectivity index is 2.03. The summed E-state index contributed by atoms with van der Waals surface area (Å²) in [7, 11) is 3.04. The number of carbonyl (C=O) groups is 2. The molecule has 28 heavy (non-hydrogen) atoms. The number of nitrogen functional groups attached to an aromatic ring is 1. The number of hydrogen-bond acceptors (Lipinski definition) is 6. The third-order valence-corrected chi connectivity index (χ3v) is 4.53. The van der Waals surface area contributed by atoms with Gasteiger partial charge in [-0.1, -0.05) is 5.92 Å². The van der Waals surface area contributed by atoms with Crippen molar-refractivity contribution in [1.82, 2.24) is 20.4 Å². The molecule has 1 atom stereocenters. The average molecular weight is 382 g/mol. The number of nitrogens with one attached hydrogen (secondary N) is 2. The number of primary amides is 1. The first-order valence-corrected chi connectivity index (χ1v) is 8.76. The second-order valence-corrected chi connectivity index (χ2v) is 6.34. The van der Waals surface area contributed by atoms with Crippen molar-refractivity contribution in [1.29, 1.82) is 0 Å². The molecule has 9 heteroatoms. The van der Waals surface area contributed by atoms with Crippen LogP contribution in [0, 0.1) is 11.8 Å². The van der Waals surface area contributed by atoms with Gasteiger partial charge in [0.1, 0.15) is 17.1 Å². The molecule has 1 aromatic heterocycles. The van der Waals surface area contributed by atoms with Gasteiger partial charge >= 0.3 is 0 Å². The minimum atomic E-state index is -0.685. The Kier molecular flexibility index (Phi) is 5.52. The fraction of sp³-hybridized carbons (Fsp3) is 0.316. The number of ether oxygens (including phenoxy) is 1. The molecular formula is C19H22N6O3. The summed E-state index contributed by atoms with van der Waals surface area (Å²) < 4.78 is 6.83. The summed E-state index contributed by atoms with van der Waals surface area (Å²) in [5.74, 6) is 5.53. The van der Waals surface area contributed by atoms with Crippen LogP contribution in [0.3, 0.4) is 0 Å². The number of aromatic nitrogens is 2. The van der Waals surface area contributed by atoms with Crippen LogP contribution in [0.2, 0.25) is 0 Å². The summed E-state index contributed by atoms with van der Waals surface area (Å²) in [6.45, 7) is 1.56. The highest BCUT2D eigenvalue weighted by Gasteiger charge is 2.25. The third-order valence-electron chi connectivity index (χ3n) is 4.53. The zero-order valence-electron chi connectivity index (χ0n) is 15.7. The molecule has 9 nitrogen and oxygen atoms in total. The Hall–Kier alpha value is -3.51. The lowest BCUT2D eigenvalue weighted by Gasteiger charge is -2.10. The van der Waals surface area contributed by atoms with Crippen molar-refractivity contribution >= 4 is 17.6 Å². The molecule has 3 rings (SSSR count). The van der Waals surface area contributed by atoms with Gasteiger partial charge < -0.3 is 26.8 Å². The molecule has 146 valence electrons. The maximum absolute atomic E-state index is 11.9. The fourth-order valence-corrected chi connectivity index (χ4v) is 3.10. The number of rotatable bonds is 4. The summed E-state index contributed by atoms with van der Waals surface area (Å²) >= 11 is 0. The SMILES string of the molecule is CNC(=O)c1cc(C#Cc2nn([C@H]3CCNC3)c(N)c2C(N)=O)cc(OC)c1. The van der Waals surface area contributed by atoms with E-state index in [-0.39, 0.29) is 29.0 Å². The van der Waals surface area contributed by atoms with Crippen LogP contribution in [0.4, 0.5) is 5.82 Å². The zero-order chi connectivity index (χ0) is 20.3. The van der Waals surface area contributed by atoms with E-state index in [1.807, 2.05) is 0 Å². The number of nitrogens with zero attached hydrogens (tertiary/aromatic N) is 2. The van der Waals surface area contributed by atoms with Crippen molar-refractivity contribution in [2.75, 3.05) is 33.0 Å². The molecule has 2 heterocycles. The van der Waals surface area contributed by atoms with Crippen LogP contribution in [0.25, 0.3) is 0 Å². The van der Waals surface area contributed by atoms with Gasteiger partial charge in [-0.25, -0.2) is 4.68 Å². The molecule has 0 unspecified atom stereocenters. The topological polar surface area (TPSA) is 137 Å². The molecule has 0 radical (unpaired) electrons. The van der Waals surface area contributed by atoms with Gasteiger partial charge in [-0.3, -0.25) is 9.59 Å². The van der Waals surface area contributed by atoms with E-state index in [0.29, 0.717) is 23.4 Å². The summed E-state index contributed by atoms with van der Waals surface area (Å²) in [6.07, 6.45) is 0.850. The van der Waals surface area contributed by atoms with Crippen LogP contribution < -0.4 is 26.8 Å². The minimum Gasteiger partial charge on any atom is -0.497 e. The van der Waals surface area contributed by atoms with Crippen molar-refractivity contribution in [2.45, 2.75) is 12.5 Å². The molecule has 1 fully saturated rings. The van der Waals surface area contributed by atoms with Gasteiger partial charge in [0.15, 0.2) is 5.69 Å². The van der Waals surface area contributed by atoms with Crippen molar-refractivity contribution in [2.24, 2.45) is 5.73 Å². The largest absolute Gasteiger partial charge is 0.497 e. The smallest absolute Gasteiger partial charge is 0.255 e. The maximum atomic E-state index is 11.9. The van der Waals surface area contributed by atoms with Gasteiger partial charge in [-0.15, -0.1) is 0 Å². The van der Waals surface area contributed by atoms with Crippen molar-refractivity contribution < 1.29 is 14.3 Å². The van der Waals surface area contributed by atoms with Gasteiger partial charge in [0.05, 0.1) is 13.2 Å². The molecule has 2 amide bonds. The van der Waals surface area contributed by atoms with Crippen LogP contribution >= 0.6 is 0 Å². The average Bonchev–Trinajstić information content (AvgIpc) is 3.32. The lowest BCUT2D eigenvalue weighted by atomic mass is 10.1. The molecule has 0 aliphatic carbocycles. The molecule has 1 aliphatic rings. The summed E-state index contributed by atoms with van der Waals surface area (Å²) in [6, 6.07) is 4.97. The second-order valence-electron chi connectivity index (χ2n) is 6.34. The van der Waals surface area contributed by atoms with Gasteiger partial charge in [-0.2, -0.15) is 5.10 Å². The summed E-state index contributed by atoms with van der Waals surface area (Å²) in [4.78, 5) is 23.8. The molecule has 0 bridgehead atoms. The van der Waals surface area contributed by atoms with Gasteiger partial charge in [0.2, 0.25) is 0 Å². The third kappa shape index (κ3) is 3.77. The molecule has 1 aliphatic heterocycles. The maximum Gasteiger partial charge on any atom is 0.255 e. The predicted octanol–water partition coefficient (Wildman–Crippen LogP) is -0.133. The quantitative estimate of drug-likeness (QED) is 0.544. The Morgan fingerprint density at radius 1 is 1.36 bits per heavy atom. The summed E-state index contributed by atoms with van der Waals surface area (Å²) in [5, 5.41) is 10.2. The number of anilines is 1. The van der Waals surface area contributed by atoms with Crippen LogP contribution in [0.5, 0.6) is 5.75 Å². The van der Waals surface area contributed by atoms with Crippen molar-refractivity contribution in [3.63, 3.8) is 0 Å². The van der Waals surface area contributed by atoms with E-state index < -0.39 is 5.91 Å². The van der Waals surface area contributed by atoms with E-state index in [2.05, 4.69) is 27.6 Å². The lowest BCUT2D eigenvalue weighted by Crippen LogP contribution is -2.18. The monoisotopic (exact) mass is 382 g/mol. The number of amides is 2. The molecule has 1 saturated heterocycles. The molecular weight excluding hydrogens is 360 g/mol. The van der Waals surface area contributed by atoms with Crippen molar-refractivity contribution in [3.8, 4) is 17.6 Å².